The van der Waals surface area contributed by atoms with Crippen LogP contribution in [0.1, 0.15) is 5.48 Å². The quantitative estimate of drug-likeness (QED) is 0.661. The highest BCUT2D eigenvalue weighted by atomic mass is 16.5. The number of nitrogens with zero attached hydrogens (tertiary/aromatic N) is 1. The van der Waals surface area contributed by atoms with E-state index < -0.39 is 13.1 Å². The lowest BCUT2D eigenvalue weighted by Crippen LogP contribution is -2.36. The van der Waals surface area contributed by atoms with E-state index in [1.165, 1.54) is 0 Å². The first kappa shape index (κ1) is 4.86. The average molecular weight is 182 g/mol. The molecule has 1 saturated heterocycles. The van der Waals surface area contributed by atoms with Crippen molar-refractivity contribution >= 4 is 11.4 Å². The second-order valence-electron chi connectivity index (χ2n) is 2.84. The van der Waals surface area contributed by atoms with Crippen molar-refractivity contribution in [2.75, 3.05) is 36.8 Å². The third kappa shape index (κ3) is 1.92. The van der Waals surface area contributed by atoms with Crippen molar-refractivity contribution in [1.82, 2.24) is 0 Å². The molecule has 0 amide bonds. The van der Waals surface area contributed by atoms with Gasteiger partial charge in [0.1, 0.15) is 0 Å². The van der Waals surface area contributed by atoms with E-state index in [1.54, 1.807) is 29.2 Å². The fourth-order valence-corrected chi connectivity index (χ4v) is 1.20. The zero-order chi connectivity index (χ0) is 12.7. The summed E-state index contributed by atoms with van der Waals surface area (Å²) in [4.78, 5) is 1.61. The van der Waals surface area contributed by atoms with E-state index in [-0.39, 0.29) is 13.1 Å². The Hall–Kier alpha value is -1.22. The van der Waals surface area contributed by atoms with Crippen LogP contribution in [0.3, 0.4) is 0 Å². The second kappa shape index (κ2) is 3.66. The molecule has 0 aromatic heterocycles. The van der Waals surface area contributed by atoms with Crippen molar-refractivity contribution in [3.63, 3.8) is 0 Å². The number of hydrogen-bond acceptors (Lipinski definition) is 3. The molecule has 1 heterocycles. The minimum atomic E-state index is -2.00. The van der Waals surface area contributed by atoms with Gasteiger partial charge in [0, 0.05) is 24.5 Å². The van der Waals surface area contributed by atoms with Gasteiger partial charge < -0.3 is 15.4 Å². The fourth-order valence-electron chi connectivity index (χ4n) is 1.20. The first-order valence-corrected chi connectivity index (χ1v) is 4.08. The fraction of sp³-hybridized carbons (Fsp3) is 0.400. The van der Waals surface area contributed by atoms with Gasteiger partial charge in [-0.05, 0) is 24.3 Å². The molecule has 0 unspecified atom stereocenters. The van der Waals surface area contributed by atoms with Crippen LogP contribution in [0.2, 0.25) is 0 Å². The Kier molecular flexibility index (Phi) is 1.37. The van der Waals surface area contributed by atoms with Crippen LogP contribution in [-0.2, 0) is 4.74 Å². The highest BCUT2D eigenvalue weighted by Crippen LogP contribution is 2.16. The van der Waals surface area contributed by atoms with Gasteiger partial charge in [-0.1, -0.05) is 0 Å². The molecule has 13 heavy (non-hydrogen) atoms. The summed E-state index contributed by atoms with van der Waals surface area (Å²) in [5.41, 5.74) is 6.92. The minimum absolute atomic E-state index is 0.00354. The number of nitrogen functional groups attached to an aromatic ring is 1. The molecule has 1 aromatic rings. The molecule has 2 rings (SSSR count). The van der Waals surface area contributed by atoms with Gasteiger partial charge in [0.2, 0.25) is 0 Å². The Morgan fingerprint density at radius 2 is 1.85 bits per heavy atom. The molecule has 1 fully saturated rings. The van der Waals surface area contributed by atoms with Gasteiger partial charge in [0.15, 0.2) is 0 Å². The molecule has 3 heteroatoms. The van der Waals surface area contributed by atoms with Gasteiger partial charge in [0.25, 0.3) is 0 Å². The summed E-state index contributed by atoms with van der Waals surface area (Å²) in [6.07, 6.45) is 0. The van der Waals surface area contributed by atoms with Crippen molar-refractivity contribution in [2.24, 2.45) is 0 Å². The van der Waals surface area contributed by atoms with Crippen LogP contribution in [-0.4, -0.2) is 26.2 Å². The first-order chi connectivity index (χ1) is 7.77. The van der Waals surface area contributed by atoms with E-state index in [1.807, 2.05) is 0 Å². The van der Waals surface area contributed by atoms with E-state index >= 15 is 0 Å². The monoisotopic (exact) mass is 182 g/mol. The summed E-state index contributed by atoms with van der Waals surface area (Å²) in [5, 5.41) is 0. The predicted molar refractivity (Wildman–Crippen MR) is 53.9 cm³/mol. The van der Waals surface area contributed by atoms with Gasteiger partial charge in [-0.3, -0.25) is 0 Å². The van der Waals surface area contributed by atoms with Crippen LogP contribution in [0.15, 0.2) is 24.3 Å². The molecule has 1 aliphatic heterocycles. The zero-order valence-corrected chi connectivity index (χ0v) is 7.16. The summed E-state index contributed by atoms with van der Waals surface area (Å²) in [5.74, 6) is 0. The number of rotatable bonds is 1. The van der Waals surface area contributed by atoms with Crippen LogP contribution < -0.4 is 10.6 Å². The number of nitrogens with two attached hydrogens (primary N) is 1. The van der Waals surface area contributed by atoms with E-state index in [0.717, 1.165) is 5.69 Å². The average Bonchev–Trinajstić information content (AvgIpc) is 2.13. The molecule has 1 aromatic carbocycles. The van der Waals surface area contributed by atoms with Gasteiger partial charge in [-0.15, -0.1) is 0 Å². The van der Waals surface area contributed by atoms with Gasteiger partial charge >= 0.3 is 0 Å². The van der Waals surface area contributed by atoms with Gasteiger partial charge in [-0.25, -0.2) is 0 Å². The zero-order valence-electron chi connectivity index (χ0n) is 11.2. The molecule has 70 valence electrons. The third-order valence-corrected chi connectivity index (χ3v) is 1.91. The first-order valence-electron chi connectivity index (χ1n) is 6.08. The van der Waals surface area contributed by atoms with Crippen molar-refractivity contribution in [2.45, 2.75) is 0 Å². The van der Waals surface area contributed by atoms with E-state index in [9.17, 15) is 0 Å². The maximum Gasteiger partial charge on any atom is 0.0642 e. The lowest BCUT2D eigenvalue weighted by Gasteiger charge is -2.28. The summed E-state index contributed by atoms with van der Waals surface area (Å²) in [6, 6.07) is 6.89. The maximum atomic E-state index is 7.54. The number of hydrogen-bond donors (Lipinski definition) is 1. The largest absolute Gasteiger partial charge is 0.399 e. The topological polar surface area (TPSA) is 38.5 Å². The molecular weight excluding hydrogens is 164 g/mol. The Morgan fingerprint density at radius 3 is 2.46 bits per heavy atom. The number of ether oxygens (including phenoxy) is 1. The lowest BCUT2D eigenvalue weighted by atomic mass is 10.2. The second-order valence-corrected chi connectivity index (χ2v) is 2.84. The number of anilines is 2. The van der Waals surface area contributed by atoms with Crippen molar-refractivity contribution in [1.29, 1.82) is 0 Å². The smallest absolute Gasteiger partial charge is 0.0642 e. The molecule has 0 radical (unpaired) electrons. The molecule has 3 nitrogen and oxygen atoms in total. The lowest BCUT2D eigenvalue weighted by molar-refractivity contribution is 0.122. The van der Waals surface area contributed by atoms with Crippen LogP contribution in [0.25, 0.3) is 0 Å². The summed E-state index contributed by atoms with van der Waals surface area (Å²) in [7, 11) is 0. The Bertz CT molecular complexity index is 391. The van der Waals surface area contributed by atoms with Crippen LogP contribution in [0.5, 0.6) is 0 Å². The van der Waals surface area contributed by atoms with E-state index in [0.29, 0.717) is 5.69 Å². The molecule has 0 aliphatic carbocycles. The van der Waals surface area contributed by atoms with E-state index in [4.69, 9.17) is 16.0 Å². The van der Waals surface area contributed by atoms with Crippen molar-refractivity contribution < 1.29 is 10.2 Å². The van der Waals surface area contributed by atoms with Crippen LogP contribution in [0, 0.1) is 0 Å². The molecular formula is C10H14N2O. The number of morpholine rings is 1. The molecule has 2 N–H and O–H groups in total. The molecule has 1 aliphatic rings. The Balaban J connectivity index is 2.24. The minimum Gasteiger partial charge on any atom is -0.399 e. The normalized spacial score (nSPS) is 29.7. The summed E-state index contributed by atoms with van der Waals surface area (Å²) >= 11 is 0. The van der Waals surface area contributed by atoms with Gasteiger partial charge in [0.05, 0.1) is 18.6 Å². The van der Waals surface area contributed by atoms with Gasteiger partial charge in [-0.2, -0.15) is 0 Å². The molecule has 0 spiro atoms. The standard InChI is InChI=1S/C10H14N2O/c11-9-1-3-10(4-2-9)12-5-7-13-8-6-12/h1-4H,5-8,11H2/i7D2,8D2. The Labute approximate surface area is 83.7 Å². The highest BCUT2D eigenvalue weighted by Gasteiger charge is 2.09. The van der Waals surface area contributed by atoms with Crippen LogP contribution >= 0.6 is 0 Å². The van der Waals surface area contributed by atoms with Crippen molar-refractivity contribution in [3.8, 4) is 0 Å². The maximum absolute atomic E-state index is 7.54. The van der Waals surface area contributed by atoms with Crippen molar-refractivity contribution in [3.05, 3.63) is 24.3 Å². The molecule has 0 bridgehead atoms. The van der Waals surface area contributed by atoms with Crippen LogP contribution in [0.4, 0.5) is 11.4 Å². The predicted octanol–water partition coefficient (Wildman–Crippen LogP) is 1.11. The SMILES string of the molecule is [2H]C1([2H])CN(c2ccc(N)cc2)CC([2H])([2H])O1. The third-order valence-electron chi connectivity index (χ3n) is 1.91. The highest BCUT2D eigenvalue weighted by molar-refractivity contribution is 5.53. The van der Waals surface area contributed by atoms with E-state index in [2.05, 4.69) is 0 Å². The summed E-state index contributed by atoms with van der Waals surface area (Å²) < 4.78 is 34.9. The molecule has 0 saturated carbocycles. The summed E-state index contributed by atoms with van der Waals surface area (Å²) in [6.45, 7) is -4.00. The Morgan fingerprint density at radius 1 is 1.23 bits per heavy atom. The number of benzene rings is 1. The molecule has 0 atom stereocenters.